The maximum Gasteiger partial charge on any atom is 0.0361 e. The summed E-state index contributed by atoms with van der Waals surface area (Å²) in [5, 5.41) is 3.54. The standard InChI is InChI=1S/C15H16Br2N2/c1-2-19-15(7-11-3-5-18-6-4-11)12-8-13(16)10-14(17)9-12/h3-6,8-10,15,19H,2,7H2,1H3. The molecule has 0 amide bonds. The zero-order valence-corrected chi connectivity index (χ0v) is 13.9. The Morgan fingerprint density at radius 2 is 1.74 bits per heavy atom. The number of hydrogen-bond donors (Lipinski definition) is 1. The number of likely N-dealkylation sites (N-methyl/N-ethyl adjacent to an activating group) is 1. The van der Waals surface area contributed by atoms with Gasteiger partial charge in [0.05, 0.1) is 0 Å². The monoisotopic (exact) mass is 382 g/mol. The van der Waals surface area contributed by atoms with Gasteiger partial charge >= 0.3 is 0 Å². The van der Waals surface area contributed by atoms with Gasteiger partial charge in [-0.05, 0) is 54.4 Å². The molecule has 0 aliphatic heterocycles. The molecule has 0 saturated carbocycles. The lowest BCUT2D eigenvalue weighted by molar-refractivity contribution is 0.549. The highest BCUT2D eigenvalue weighted by Gasteiger charge is 2.12. The quantitative estimate of drug-likeness (QED) is 0.822. The predicted octanol–water partition coefficient (Wildman–Crippen LogP) is 4.50. The van der Waals surface area contributed by atoms with E-state index in [1.165, 1.54) is 11.1 Å². The number of pyridine rings is 1. The van der Waals surface area contributed by atoms with Gasteiger partial charge < -0.3 is 5.32 Å². The van der Waals surface area contributed by atoms with Crippen LogP contribution in [-0.4, -0.2) is 11.5 Å². The number of benzene rings is 1. The van der Waals surface area contributed by atoms with E-state index in [0.29, 0.717) is 6.04 Å². The second-order valence-corrected chi connectivity index (χ2v) is 6.20. The molecule has 4 heteroatoms. The van der Waals surface area contributed by atoms with Gasteiger partial charge in [-0.2, -0.15) is 0 Å². The summed E-state index contributed by atoms with van der Waals surface area (Å²) in [6.07, 6.45) is 4.64. The Labute approximate surface area is 130 Å². The van der Waals surface area contributed by atoms with E-state index in [1.54, 1.807) is 0 Å². The van der Waals surface area contributed by atoms with Crippen molar-refractivity contribution >= 4 is 31.9 Å². The van der Waals surface area contributed by atoms with Crippen LogP contribution in [0.1, 0.15) is 24.1 Å². The molecule has 100 valence electrons. The van der Waals surface area contributed by atoms with Crippen LogP contribution in [0.5, 0.6) is 0 Å². The molecular formula is C15H16Br2N2. The van der Waals surface area contributed by atoms with Crippen molar-refractivity contribution in [3.63, 3.8) is 0 Å². The van der Waals surface area contributed by atoms with Crippen molar-refractivity contribution in [3.8, 4) is 0 Å². The third-order valence-electron chi connectivity index (χ3n) is 2.93. The van der Waals surface area contributed by atoms with Crippen molar-refractivity contribution in [1.29, 1.82) is 0 Å². The minimum atomic E-state index is 0.307. The summed E-state index contributed by atoms with van der Waals surface area (Å²) < 4.78 is 2.18. The Kier molecular flexibility index (Phi) is 5.55. The van der Waals surface area contributed by atoms with E-state index in [-0.39, 0.29) is 0 Å². The van der Waals surface area contributed by atoms with Gasteiger partial charge in [0.1, 0.15) is 0 Å². The SMILES string of the molecule is CCNC(Cc1ccncc1)c1cc(Br)cc(Br)c1. The summed E-state index contributed by atoms with van der Waals surface area (Å²) in [5.41, 5.74) is 2.57. The van der Waals surface area contributed by atoms with Crippen LogP contribution in [0.4, 0.5) is 0 Å². The zero-order valence-electron chi connectivity index (χ0n) is 10.7. The van der Waals surface area contributed by atoms with Gasteiger partial charge in [0.2, 0.25) is 0 Å². The Balaban J connectivity index is 2.24. The van der Waals surface area contributed by atoms with Gasteiger partial charge in [0, 0.05) is 27.4 Å². The molecule has 0 radical (unpaired) electrons. The number of nitrogens with one attached hydrogen (secondary N) is 1. The lowest BCUT2D eigenvalue weighted by atomic mass is 9.99. The fraction of sp³-hybridized carbons (Fsp3) is 0.267. The molecule has 0 spiro atoms. The number of halogens is 2. The van der Waals surface area contributed by atoms with Crippen LogP contribution in [0.2, 0.25) is 0 Å². The first kappa shape index (κ1) is 14.7. The Morgan fingerprint density at radius 1 is 1.11 bits per heavy atom. The first-order valence-corrected chi connectivity index (χ1v) is 7.86. The molecule has 0 aliphatic carbocycles. The van der Waals surface area contributed by atoms with Gasteiger partial charge in [-0.1, -0.05) is 38.8 Å². The van der Waals surface area contributed by atoms with Crippen molar-refractivity contribution < 1.29 is 0 Å². The van der Waals surface area contributed by atoms with Crippen LogP contribution >= 0.6 is 31.9 Å². The summed E-state index contributed by atoms with van der Waals surface area (Å²) in [4.78, 5) is 4.06. The lowest BCUT2D eigenvalue weighted by Gasteiger charge is -2.19. The number of aromatic nitrogens is 1. The van der Waals surface area contributed by atoms with Gasteiger partial charge in [-0.15, -0.1) is 0 Å². The molecule has 1 heterocycles. The second-order valence-electron chi connectivity index (χ2n) is 4.37. The van der Waals surface area contributed by atoms with Crippen molar-refractivity contribution in [2.24, 2.45) is 0 Å². The summed E-state index contributed by atoms with van der Waals surface area (Å²) in [6.45, 7) is 3.08. The highest BCUT2D eigenvalue weighted by Crippen LogP contribution is 2.26. The third-order valence-corrected chi connectivity index (χ3v) is 3.84. The molecule has 1 atom stereocenters. The van der Waals surface area contributed by atoms with Crippen molar-refractivity contribution in [3.05, 3.63) is 62.8 Å². The second kappa shape index (κ2) is 7.17. The number of hydrogen-bond acceptors (Lipinski definition) is 2. The third kappa shape index (κ3) is 4.41. The van der Waals surface area contributed by atoms with Crippen molar-refractivity contribution in [2.45, 2.75) is 19.4 Å². The molecule has 0 fully saturated rings. The Bertz CT molecular complexity index is 509. The molecule has 19 heavy (non-hydrogen) atoms. The summed E-state index contributed by atoms with van der Waals surface area (Å²) >= 11 is 7.10. The molecule has 0 bridgehead atoms. The molecule has 1 unspecified atom stereocenters. The van der Waals surface area contributed by atoms with E-state index in [4.69, 9.17) is 0 Å². The van der Waals surface area contributed by atoms with Gasteiger partial charge in [-0.25, -0.2) is 0 Å². The Hall–Kier alpha value is -0.710. The van der Waals surface area contributed by atoms with Crippen LogP contribution in [0, 0.1) is 0 Å². The predicted molar refractivity (Wildman–Crippen MR) is 86.2 cm³/mol. The molecule has 2 rings (SSSR count). The normalized spacial score (nSPS) is 12.4. The van der Waals surface area contributed by atoms with Crippen LogP contribution in [0.15, 0.2) is 51.7 Å². The summed E-state index contributed by atoms with van der Waals surface area (Å²) in [7, 11) is 0. The van der Waals surface area contributed by atoms with E-state index < -0.39 is 0 Å². The maximum absolute atomic E-state index is 4.06. The highest BCUT2D eigenvalue weighted by atomic mass is 79.9. The first-order chi connectivity index (χ1) is 9.19. The van der Waals surface area contributed by atoms with E-state index >= 15 is 0 Å². The molecular weight excluding hydrogens is 368 g/mol. The van der Waals surface area contributed by atoms with E-state index in [9.17, 15) is 0 Å². The largest absolute Gasteiger partial charge is 0.310 e. The number of rotatable bonds is 5. The van der Waals surface area contributed by atoms with Crippen LogP contribution in [0.3, 0.4) is 0 Å². The van der Waals surface area contributed by atoms with E-state index in [1.807, 2.05) is 12.4 Å². The first-order valence-electron chi connectivity index (χ1n) is 6.27. The van der Waals surface area contributed by atoms with E-state index in [0.717, 1.165) is 21.9 Å². The van der Waals surface area contributed by atoms with E-state index in [2.05, 4.69) is 79.4 Å². The minimum absolute atomic E-state index is 0.307. The van der Waals surface area contributed by atoms with Crippen molar-refractivity contribution in [2.75, 3.05) is 6.54 Å². The molecule has 0 saturated heterocycles. The molecule has 1 aromatic carbocycles. The van der Waals surface area contributed by atoms with Gasteiger partial charge in [-0.3, -0.25) is 4.98 Å². The maximum atomic E-state index is 4.06. The van der Waals surface area contributed by atoms with Crippen LogP contribution in [-0.2, 0) is 6.42 Å². The fourth-order valence-electron chi connectivity index (χ4n) is 2.09. The summed E-state index contributed by atoms with van der Waals surface area (Å²) in [5.74, 6) is 0. The molecule has 1 aromatic heterocycles. The smallest absolute Gasteiger partial charge is 0.0361 e. The topological polar surface area (TPSA) is 24.9 Å². The average molecular weight is 384 g/mol. The lowest BCUT2D eigenvalue weighted by Crippen LogP contribution is -2.23. The van der Waals surface area contributed by atoms with Gasteiger partial charge in [0.25, 0.3) is 0 Å². The summed E-state index contributed by atoms with van der Waals surface area (Å²) in [6, 6.07) is 10.8. The minimum Gasteiger partial charge on any atom is -0.310 e. The van der Waals surface area contributed by atoms with Crippen LogP contribution < -0.4 is 5.32 Å². The highest BCUT2D eigenvalue weighted by molar-refractivity contribution is 9.11. The van der Waals surface area contributed by atoms with Crippen LogP contribution in [0.25, 0.3) is 0 Å². The molecule has 1 N–H and O–H groups in total. The van der Waals surface area contributed by atoms with Gasteiger partial charge in [0.15, 0.2) is 0 Å². The molecule has 0 aliphatic rings. The Morgan fingerprint density at radius 3 is 2.32 bits per heavy atom. The fourth-order valence-corrected chi connectivity index (χ4v) is 3.41. The van der Waals surface area contributed by atoms with Crippen molar-refractivity contribution in [1.82, 2.24) is 10.3 Å². The average Bonchev–Trinajstić information content (AvgIpc) is 2.38. The zero-order chi connectivity index (χ0) is 13.7. The number of nitrogens with zero attached hydrogens (tertiary/aromatic N) is 1. The molecule has 2 aromatic rings. The molecule has 2 nitrogen and oxygen atoms in total.